The van der Waals surface area contributed by atoms with Crippen molar-refractivity contribution >= 4 is 26.3 Å². The van der Waals surface area contributed by atoms with Gasteiger partial charge >= 0.3 is 43.6 Å². The molecule has 0 spiro atoms. The summed E-state index contributed by atoms with van der Waals surface area (Å²) in [5.74, 6) is 0. The average Bonchev–Trinajstić information content (AvgIpc) is 2.24. The Morgan fingerprint density at radius 2 is 1.29 bits per heavy atom. The molecule has 1 saturated heterocycles. The zero-order chi connectivity index (χ0) is 11.6. The molecule has 0 amide bonds. The summed E-state index contributed by atoms with van der Waals surface area (Å²) in [5, 5.41) is 0. The zero-order valence-electron chi connectivity index (χ0n) is 10.4. The van der Waals surface area contributed by atoms with Crippen molar-refractivity contribution in [2.45, 2.75) is 52.1 Å². The molecule has 0 aromatic carbocycles. The van der Waals surface area contributed by atoms with Crippen molar-refractivity contribution in [1.29, 1.82) is 0 Å². The maximum absolute atomic E-state index is 4.76. The van der Waals surface area contributed by atoms with Crippen LogP contribution in [0.15, 0.2) is 0 Å². The summed E-state index contributed by atoms with van der Waals surface area (Å²) < 4.78 is 3.73. The minimum absolute atomic E-state index is 0.847. The standard InChI is InChI=1S/C9H22OSi2.ClH.Zn/c1-9(2)10-11(3,4)7-8-12(10,5)6;;/h7-8H2,1-6H3;1H;/q;;+2/p-1. The van der Waals surface area contributed by atoms with Gasteiger partial charge in [-0.1, -0.05) is 6.10 Å². The normalized spacial score (nSPS) is 24.7. The molecule has 0 N–H and O–H groups in total. The molecule has 0 aromatic heterocycles. The molecule has 0 atom stereocenters. The molecule has 1 aliphatic rings. The van der Waals surface area contributed by atoms with Crippen LogP contribution < -0.4 is 0 Å². The van der Waals surface area contributed by atoms with Crippen LogP contribution in [-0.2, 0) is 21.1 Å². The van der Waals surface area contributed by atoms with E-state index in [2.05, 4.69) is 43.8 Å². The van der Waals surface area contributed by atoms with Crippen LogP contribution in [0.1, 0.15) is 13.8 Å². The van der Waals surface area contributed by atoms with Gasteiger partial charge in [-0.25, -0.2) is 0 Å². The fraction of sp³-hybridized carbons (Fsp3) is 0.889. The third kappa shape index (κ3) is 3.41. The fourth-order valence-electron chi connectivity index (χ4n) is 2.66. The molecule has 1 rings (SSSR count). The van der Waals surface area contributed by atoms with Gasteiger partial charge < -0.3 is 3.75 Å². The van der Waals surface area contributed by atoms with Crippen LogP contribution >= 0.6 is 9.69 Å². The number of rotatable bonds is 1. The summed E-state index contributed by atoms with van der Waals surface area (Å²) in [4.78, 5) is 0. The first kappa shape index (κ1) is 15.3. The van der Waals surface area contributed by atoms with E-state index in [4.69, 9.17) is 9.69 Å². The van der Waals surface area contributed by atoms with Crippen LogP contribution in [0.5, 0.6) is 0 Å². The molecule has 0 aromatic rings. The Bertz CT molecular complexity index is 170. The summed E-state index contributed by atoms with van der Waals surface area (Å²) >= 11 is 0.847. The van der Waals surface area contributed by atoms with E-state index in [1.165, 1.54) is 18.2 Å². The van der Waals surface area contributed by atoms with Crippen molar-refractivity contribution in [3.05, 3.63) is 6.10 Å². The van der Waals surface area contributed by atoms with Crippen molar-refractivity contribution in [2.75, 3.05) is 0 Å². The Morgan fingerprint density at radius 3 is 1.43 bits per heavy atom. The average molecular weight is 303 g/mol. The predicted molar refractivity (Wildman–Crippen MR) is 66.1 cm³/mol. The van der Waals surface area contributed by atoms with Gasteiger partial charge in [-0.05, 0) is 26.2 Å². The van der Waals surface area contributed by atoms with Gasteiger partial charge in [0.2, 0.25) is 0 Å². The Kier molecular flexibility index (Phi) is 6.10. The summed E-state index contributed by atoms with van der Waals surface area (Å²) in [6.07, 6.45) is 1.49. The van der Waals surface area contributed by atoms with Crippen molar-refractivity contribution in [3.8, 4) is 0 Å². The fourth-order valence-corrected chi connectivity index (χ4v) is 16.7. The Morgan fingerprint density at radius 1 is 1.00 bits per heavy atom. The van der Waals surface area contributed by atoms with E-state index in [9.17, 15) is 0 Å². The first-order valence-corrected chi connectivity index (χ1v) is 15.2. The summed E-state index contributed by atoms with van der Waals surface area (Å²) in [5.41, 5.74) is 0. The van der Waals surface area contributed by atoms with E-state index in [1.807, 2.05) is 0 Å². The van der Waals surface area contributed by atoms with Crippen LogP contribution in [0.3, 0.4) is 0 Å². The molecular weight excluding hydrogens is 281 g/mol. The van der Waals surface area contributed by atoms with Crippen LogP contribution in [0, 0.1) is 6.10 Å². The molecule has 0 radical (unpaired) electrons. The number of halogens is 1. The maximum atomic E-state index is 4.76. The van der Waals surface area contributed by atoms with Crippen LogP contribution in [-0.4, -0.2) is 16.6 Å². The van der Waals surface area contributed by atoms with E-state index in [-0.39, 0.29) is 0 Å². The Hall–Kier alpha value is 1.31. The first-order valence-electron chi connectivity index (χ1n) is 5.09. The Balaban J connectivity index is 0.000000791. The molecule has 0 unspecified atom stereocenters. The van der Waals surface area contributed by atoms with Crippen LogP contribution in [0.2, 0.25) is 38.3 Å². The van der Waals surface area contributed by atoms with Crippen molar-refractivity contribution in [1.82, 2.24) is 0 Å². The zero-order valence-corrected chi connectivity index (χ0v) is 16.1. The van der Waals surface area contributed by atoms with Gasteiger partial charge in [-0.15, -0.1) is 13.8 Å². The Labute approximate surface area is 105 Å². The second-order valence-corrected chi connectivity index (χ2v) is 14.5. The van der Waals surface area contributed by atoms with Gasteiger partial charge in [0.05, 0.1) is 0 Å². The van der Waals surface area contributed by atoms with Gasteiger partial charge in [-0.3, -0.25) is 0 Å². The van der Waals surface area contributed by atoms with E-state index >= 15 is 0 Å². The summed E-state index contributed by atoms with van der Waals surface area (Å²) in [6, 6.07) is 2.95. The SMILES string of the molecule is C[C-](C)[O+]1[Si](C)(C)CC[Si]1(C)C.[Cl][Zn+]. The van der Waals surface area contributed by atoms with Crippen LogP contribution in [0.25, 0.3) is 0 Å². The topological polar surface area (TPSA) is 2.70 Å². The molecule has 14 heavy (non-hydrogen) atoms. The first-order chi connectivity index (χ1) is 6.27. The van der Waals surface area contributed by atoms with Crippen molar-refractivity contribution in [3.63, 3.8) is 0 Å². The van der Waals surface area contributed by atoms with Gasteiger partial charge in [0.1, 0.15) is 0 Å². The predicted octanol–water partition coefficient (Wildman–Crippen LogP) is 4.22. The molecule has 1 nitrogen and oxygen atoms in total. The molecule has 80 valence electrons. The molecule has 1 fully saturated rings. The van der Waals surface area contributed by atoms with Gasteiger partial charge in [-0.2, -0.15) is 0 Å². The quantitative estimate of drug-likeness (QED) is 0.387. The van der Waals surface area contributed by atoms with E-state index in [0.717, 1.165) is 17.3 Å². The molecule has 0 saturated carbocycles. The molecule has 0 bridgehead atoms. The van der Waals surface area contributed by atoms with E-state index in [1.54, 1.807) is 0 Å². The van der Waals surface area contributed by atoms with E-state index < -0.39 is 16.6 Å². The van der Waals surface area contributed by atoms with E-state index in [0.29, 0.717) is 0 Å². The monoisotopic (exact) mass is 301 g/mol. The molecule has 1 heterocycles. The molecule has 5 heteroatoms. The van der Waals surface area contributed by atoms with Crippen LogP contribution in [0.4, 0.5) is 0 Å². The van der Waals surface area contributed by atoms with Gasteiger partial charge in [0.25, 0.3) is 0 Å². The summed E-state index contributed by atoms with van der Waals surface area (Å²) in [7, 11) is 2.58. The van der Waals surface area contributed by atoms with Gasteiger partial charge in [0.15, 0.2) is 0 Å². The minimum atomic E-state index is -1.09. The van der Waals surface area contributed by atoms with Crippen molar-refractivity contribution in [2.24, 2.45) is 0 Å². The second kappa shape index (κ2) is 5.58. The van der Waals surface area contributed by atoms with Crippen molar-refractivity contribution < 1.29 is 21.1 Å². The molecule has 0 aliphatic carbocycles. The third-order valence-corrected chi connectivity index (χ3v) is 12.6. The van der Waals surface area contributed by atoms with Gasteiger partial charge in [0, 0.05) is 12.1 Å². The number of hydrogen-bond donors (Lipinski definition) is 0. The number of hydrogen-bond acceptors (Lipinski definition) is 0. The summed E-state index contributed by atoms with van der Waals surface area (Å²) in [6.45, 7) is 14.4. The molecule has 1 aliphatic heterocycles. The molecular formula is C9H22ClOSi2Zn+. The third-order valence-electron chi connectivity index (χ3n) is 2.84. The second-order valence-electron chi connectivity index (χ2n) is 5.23.